The van der Waals surface area contributed by atoms with E-state index in [2.05, 4.69) is 25.6 Å². The molecule has 0 aromatic carbocycles. The van der Waals surface area contributed by atoms with Gasteiger partial charge in [-0.05, 0) is 26.7 Å². The molecule has 98 valence electrons. The van der Waals surface area contributed by atoms with Gasteiger partial charge in [0, 0.05) is 10.9 Å². The number of nitrogens with zero attached hydrogens (tertiary/aromatic N) is 1. The lowest BCUT2D eigenvalue weighted by Crippen LogP contribution is -2.45. The summed E-state index contributed by atoms with van der Waals surface area (Å²) in [7, 11) is -3.45. The Balaban J connectivity index is 2.93. The Kier molecular flexibility index (Phi) is 5.12. The second-order valence-corrected chi connectivity index (χ2v) is 8.09. The van der Waals surface area contributed by atoms with Crippen molar-refractivity contribution in [2.24, 2.45) is 0 Å². The second-order valence-electron chi connectivity index (χ2n) is 4.16. The molecule has 7 heteroatoms. The van der Waals surface area contributed by atoms with Crippen molar-refractivity contribution < 1.29 is 8.42 Å². The minimum atomic E-state index is -3.45. The first-order valence-electron chi connectivity index (χ1n) is 5.35. The maximum atomic E-state index is 12.1. The Morgan fingerprint density at radius 3 is 2.65 bits per heavy atom. The molecule has 0 fully saturated rings. The number of halogens is 1. The number of aromatic nitrogens is 1. The molecule has 1 atom stereocenters. The number of thiazole rings is 1. The average molecular weight is 341 g/mol. The first-order chi connectivity index (χ1) is 7.83. The minimum Gasteiger partial charge on any atom is -0.249 e. The molecule has 0 radical (unpaired) electrons. The van der Waals surface area contributed by atoms with E-state index in [0.29, 0.717) is 0 Å². The van der Waals surface area contributed by atoms with Gasteiger partial charge in [0.1, 0.15) is 0 Å². The zero-order valence-corrected chi connectivity index (χ0v) is 13.4. The molecule has 1 heterocycles. The van der Waals surface area contributed by atoms with E-state index in [1.54, 1.807) is 6.92 Å². The third-order valence-corrected chi connectivity index (χ3v) is 6.08. The monoisotopic (exact) mass is 340 g/mol. The van der Waals surface area contributed by atoms with Crippen molar-refractivity contribution in [1.82, 2.24) is 9.71 Å². The predicted octanol–water partition coefficient (Wildman–Crippen LogP) is 2.68. The highest BCUT2D eigenvalue weighted by molar-refractivity contribution is 9.09. The smallest absolute Gasteiger partial charge is 0.249 e. The molecule has 1 rings (SSSR count). The molecule has 0 aliphatic rings. The van der Waals surface area contributed by atoms with Crippen LogP contribution in [0.2, 0.25) is 0 Å². The summed E-state index contributed by atoms with van der Waals surface area (Å²) >= 11 is 4.54. The van der Waals surface area contributed by atoms with E-state index in [1.807, 2.05) is 13.8 Å². The van der Waals surface area contributed by atoms with Crippen LogP contribution in [-0.4, -0.2) is 24.3 Å². The van der Waals surface area contributed by atoms with Gasteiger partial charge in [-0.2, -0.15) is 0 Å². The van der Waals surface area contributed by atoms with Gasteiger partial charge in [0.2, 0.25) is 0 Å². The summed E-state index contributed by atoms with van der Waals surface area (Å²) in [4.78, 5) is 3.97. The van der Waals surface area contributed by atoms with Crippen LogP contribution in [0, 0.1) is 6.92 Å². The molecular weight excluding hydrogens is 324 g/mol. The average Bonchev–Trinajstić information content (AvgIpc) is 2.65. The van der Waals surface area contributed by atoms with Crippen LogP contribution in [0.5, 0.6) is 0 Å². The molecule has 0 aliphatic heterocycles. The van der Waals surface area contributed by atoms with Gasteiger partial charge in [-0.1, -0.05) is 22.9 Å². The minimum absolute atomic E-state index is 0.282. The number of rotatable bonds is 6. The van der Waals surface area contributed by atoms with Crippen LogP contribution in [0.1, 0.15) is 31.7 Å². The fourth-order valence-corrected chi connectivity index (χ4v) is 4.84. The number of hydrogen-bond acceptors (Lipinski definition) is 4. The molecular formula is C10H17BrN2O2S2. The number of sulfonamides is 1. The van der Waals surface area contributed by atoms with Crippen molar-refractivity contribution in [2.45, 2.75) is 43.4 Å². The lowest BCUT2D eigenvalue weighted by molar-refractivity contribution is 0.393. The van der Waals surface area contributed by atoms with Gasteiger partial charge in [-0.25, -0.2) is 18.1 Å². The summed E-state index contributed by atoms with van der Waals surface area (Å²) in [6.07, 6.45) is 2.91. The van der Waals surface area contributed by atoms with E-state index in [0.717, 1.165) is 23.2 Å². The van der Waals surface area contributed by atoms with E-state index in [1.165, 1.54) is 17.5 Å². The maximum Gasteiger partial charge on any atom is 0.252 e. The molecule has 0 saturated heterocycles. The lowest BCUT2D eigenvalue weighted by atomic mass is 9.98. The van der Waals surface area contributed by atoms with Crippen LogP contribution in [0.4, 0.5) is 0 Å². The van der Waals surface area contributed by atoms with Crippen molar-refractivity contribution in [3.63, 3.8) is 0 Å². The van der Waals surface area contributed by atoms with E-state index >= 15 is 0 Å². The van der Waals surface area contributed by atoms with Crippen molar-refractivity contribution in [2.75, 3.05) is 5.33 Å². The van der Waals surface area contributed by atoms with Crippen molar-refractivity contribution in [1.29, 1.82) is 0 Å². The van der Waals surface area contributed by atoms with Gasteiger partial charge in [-0.3, -0.25) is 0 Å². The first kappa shape index (κ1) is 15.1. The van der Waals surface area contributed by atoms with Crippen LogP contribution in [0.25, 0.3) is 0 Å². The fraction of sp³-hybridized carbons (Fsp3) is 0.700. The summed E-state index contributed by atoms with van der Waals surface area (Å²) in [6, 6.07) is 0. The van der Waals surface area contributed by atoms with Crippen LogP contribution in [0.15, 0.2) is 10.4 Å². The summed E-state index contributed by atoms with van der Waals surface area (Å²) < 4.78 is 27.3. The highest BCUT2D eigenvalue weighted by Gasteiger charge is 2.29. The molecule has 0 saturated carbocycles. The topological polar surface area (TPSA) is 59.1 Å². The third kappa shape index (κ3) is 4.01. The van der Waals surface area contributed by atoms with Crippen LogP contribution in [0.3, 0.4) is 0 Å². The van der Waals surface area contributed by atoms with Gasteiger partial charge in [0.15, 0.2) is 4.21 Å². The number of hydrogen-bond donors (Lipinski definition) is 1. The summed E-state index contributed by atoms with van der Waals surface area (Å²) in [5.74, 6) is 0. The largest absolute Gasteiger partial charge is 0.252 e. The second kappa shape index (κ2) is 5.77. The normalized spacial score (nSPS) is 15.8. The zero-order valence-electron chi connectivity index (χ0n) is 10.2. The van der Waals surface area contributed by atoms with Crippen molar-refractivity contribution in [3.05, 3.63) is 11.2 Å². The van der Waals surface area contributed by atoms with Crippen LogP contribution in [-0.2, 0) is 10.0 Å². The highest BCUT2D eigenvalue weighted by atomic mass is 79.9. The van der Waals surface area contributed by atoms with Crippen molar-refractivity contribution in [3.8, 4) is 0 Å². The van der Waals surface area contributed by atoms with Gasteiger partial charge < -0.3 is 0 Å². The number of nitrogens with one attached hydrogen (secondary N) is 1. The van der Waals surface area contributed by atoms with E-state index in [-0.39, 0.29) is 4.21 Å². The highest BCUT2D eigenvalue weighted by Crippen LogP contribution is 2.23. The standard InChI is InChI=1S/C10H17BrN2O2S2/c1-4-10(3,5-6-11)13-17(14,15)9-7-12-8(2)16-9/h7,13H,4-6H2,1-3H3. The Bertz CT molecular complexity index is 472. The Morgan fingerprint density at radius 2 is 2.24 bits per heavy atom. The Labute approximate surface area is 115 Å². The van der Waals surface area contributed by atoms with Gasteiger partial charge >= 0.3 is 0 Å². The molecule has 17 heavy (non-hydrogen) atoms. The van der Waals surface area contributed by atoms with Gasteiger partial charge in [0.25, 0.3) is 10.0 Å². The van der Waals surface area contributed by atoms with E-state index in [9.17, 15) is 8.42 Å². The summed E-state index contributed by atoms with van der Waals surface area (Å²) in [5, 5.41) is 1.52. The molecule has 1 aromatic heterocycles. The van der Waals surface area contributed by atoms with E-state index < -0.39 is 15.6 Å². The molecule has 0 amide bonds. The third-order valence-electron chi connectivity index (χ3n) is 2.67. The molecule has 0 spiro atoms. The summed E-state index contributed by atoms with van der Waals surface area (Å²) in [5.41, 5.74) is -0.416. The fourth-order valence-electron chi connectivity index (χ4n) is 1.35. The quantitative estimate of drug-likeness (QED) is 0.810. The van der Waals surface area contributed by atoms with Crippen LogP contribution < -0.4 is 4.72 Å². The Morgan fingerprint density at radius 1 is 1.59 bits per heavy atom. The molecule has 4 nitrogen and oxygen atoms in total. The SMILES string of the molecule is CCC(C)(CCBr)NS(=O)(=O)c1cnc(C)s1. The molecule has 1 aromatic rings. The number of alkyl halides is 1. The Hall–Kier alpha value is 0.0200. The van der Waals surface area contributed by atoms with Gasteiger partial charge in [0.05, 0.1) is 11.2 Å². The lowest BCUT2D eigenvalue weighted by Gasteiger charge is -2.28. The van der Waals surface area contributed by atoms with Gasteiger partial charge in [-0.15, -0.1) is 11.3 Å². The summed E-state index contributed by atoms with van der Waals surface area (Å²) in [6.45, 7) is 5.68. The number of aryl methyl sites for hydroxylation is 1. The van der Waals surface area contributed by atoms with E-state index in [4.69, 9.17) is 0 Å². The van der Waals surface area contributed by atoms with Crippen molar-refractivity contribution >= 4 is 37.3 Å². The van der Waals surface area contributed by atoms with Crippen LogP contribution >= 0.6 is 27.3 Å². The molecule has 1 unspecified atom stereocenters. The molecule has 0 bridgehead atoms. The molecule has 1 N–H and O–H groups in total. The molecule has 0 aliphatic carbocycles. The predicted molar refractivity (Wildman–Crippen MR) is 74.3 cm³/mol. The maximum absolute atomic E-state index is 12.1. The first-order valence-corrected chi connectivity index (χ1v) is 8.77. The zero-order chi connectivity index (χ0) is 13.1.